The first-order chi connectivity index (χ1) is 12.8. The molecule has 2 aromatic heterocycles. The molecule has 0 saturated heterocycles. The van der Waals surface area contributed by atoms with Gasteiger partial charge in [-0.25, -0.2) is 9.67 Å². The van der Waals surface area contributed by atoms with Gasteiger partial charge in [-0.05, 0) is 50.6 Å². The Morgan fingerprint density at radius 2 is 2.00 bits per heavy atom. The number of carbonyl (C=O) groups excluding carboxylic acids is 2. The van der Waals surface area contributed by atoms with Gasteiger partial charge in [-0.1, -0.05) is 15.9 Å². The SMILES string of the molecule is Cc1cc(Br)ccc1NC(=O)CNC(=O)c1cnc2c(cnn2C(C)C)c1. The minimum absolute atomic E-state index is 0.127. The third kappa shape index (κ3) is 4.33. The second-order valence-corrected chi connectivity index (χ2v) is 7.43. The van der Waals surface area contributed by atoms with E-state index in [1.807, 2.05) is 39.0 Å². The number of fused-ring (bicyclic) bond motifs is 1. The number of hydrogen-bond acceptors (Lipinski definition) is 4. The molecule has 0 aliphatic carbocycles. The summed E-state index contributed by atoms with van der Waals surface area (Å²) >= 11 is 3.38. The summed E-state index contributed by atoms with van der Waals surface area (Å²) in [7, 11) is 0. The minimum atomic E-state index is -0.357. The zero-order valence-electron chi connectivity index (χ0n) is 15.3. The molecule has 0 spiro atoms. The van der Waals surface area contributed by atoms with Gasteiger partial charge in [0.05, 0.1) is 18.3 Å². The van der Waals surface area contributed by atoms with Crippen LogP contribution >= 0.6 is 15.9 Å². The number of amides is 2. The first kappa shape index (κ1) is 19.0. The molecule has 2 N–H and O–H groups in total. The zero-order chi connectivity index (χ0) is 19.6. The molecule has 0 radical (unpaired) electrons. The molecule has 7 nitrogen and oxygen atoms in total. The summed E-state index contributed by atoms with van der Waals surface area (Å²) in [5.41, 5.74) is 2.76. The Morgan fingerprint density at radius 1 is 1.22 bits per heavy atom. The summed E-state index contributed by atoms with van der Waals surface area (Å²) < 4.78 is 2.74. The van der Waals surface area contributed by atoms with Gasteiger partial charge in [-0.3, -0.25) is 9.59 Å². The molecule has 2 heterocycles. The van der Waals surface area contributed by atoms with Gasteiger partial charge in [0.2, 0.25) is 5.91 Å². The van der Waals surface area contributed by atoms with E-state index in [1.54, 1.807) is 16.9 Å². The second kappa shape index (κ2) is 7.87. The number of halogens is 1. The van der Waals surface area contributed by atoms with Gasteiger partial charge in [-0.15, -0.1) is 0 Å². The molecule has 0 atom stereocenters. The summed E-state index contributed by atoms with van der Waals surface area (Å²) in [6.45, 7) is 5.80. The van der Waals surface area contributed by atoms with Crippen molar-refractivity contribution in [2.75, 3.05) is 11.9 Å². The lowest BCUT2D eigenvalue weighted by molar-refractivity contribution is -0.115. The highest BCUT2D eigenvalue weighted by atomic mass is 79.9. The molecule has 2 amide bonds. The Bertz CT molecular complexity index is 1010. The molecule has 1 aromatic carbocycles. The van der Waals surface area contributed by atoms with Gasteiger partial charge in [0.15, 0.2) is 5.65 Å². The predicted octanol–water partition coefficient (Wildman–Crippen LogP) is 3.45. The molecule has 0 aliphatic rings. The van der Waals surface area contributed by atoms with Gasteiger partial charge >= 0.3 is 0 Å². The summed E-state index contributed by atoms with van der Waals surface area (Å²) in [5, 5.41) is 10.5. The average molecular weight is 430 g/mol. The van der Waals surface area contributed by atoms with E-state index >= 15 is 0 Å². The van der Waals surface area contributed by atoms with Gasteiger partial charge in [0, 0.05) is 27.8 Å². The maximum absolute atomic E-state index is 12.3. The van der Waals surface area contributed by atoms with Crippen molar-refractivity contribution in [1.82, 2.24) is 20.1 Å². The van der Waals surface area contributed by atoms with E-state index in [0.29, 0.717) is 11.3 Å². The topological polar surface area (TPSA) is 88.9 Å². The Kier molecular flexibility index (Phi) is 5.55. The quantitative estimate of drug-likeness (QED) is 0.649. The van der Waals surface area contributed by atoms with Crippen LogP contribution in [-0.4, -0.2) is 33.1 Å². The van der Waals surface area contributed by atoms with Gasteiger partial charge in [0.1, 0.15) is 0 Å². The highest BCUT2D eigenvalue weighted by molar-refractivity contribution is 9.10. The number of anilines is 1. The third-order valence-corrected chi connectivity index (χ3v) is 4.55. The largest absolute Gasteiger partial charge is 0.343 e. The number of carbonyl (C=O) groups is 2. The molecule has 8 heteroatoms. The lowest BCUT2D eigenvalue weighted by Crippen LogP contribution is -2.33. The summed E-state index contributed by atoms with van der Waals surface area (Å²) in [5.74, 6) is -0.653. The molecule has 0 bridgehead atoms. The molecule has 3 aromatic rings. The zero-order valence-corrected chi connectivity index (χ0v) is 16.9. The third-order valence-electron chi connectivity index (χ3n) is 4.06. The van der Waals surface area contributed by atoms with E-state index in [1.165, 1.54) is 6.20 Å². The number of aromatic nitrogens is 3. The Hall–Kier alpha value is -2.74. The number of aryl methyl sites for hydroxylation is 1. The smallest absolute Gasteiger partial charge is 0.253 e. The first-order valence-electron chi connectivity index (χ1n) is 8.52. The van der Waals surface area contributed by atoms with E-state index in [0.717, 1.165) is 21.1 Å². The fourth-order valence-electron chi connectivity index (χ4n) is 2.67. The van der Waals surface area contributed by atoms with Crippen LogP contribution in [0.2, 0.25) is 0 Å². The van der Waals surface area contributed by atoms with E-state index in [-0.39, 0.29) is 24.4 Å². The number of benzene rings is 1. The van der Waals surface area contributed by atoms with E-state index in [4.69, 9.17) is 0 Å². The van der Waals surface area contributed by atoms with Crippen LogP contribution in [0.15, 0.2) is 41.1 Å². The van der Waals surface area contributed by atoms with Crippen LogP contribution in [0.5, 0.6) is 0 Å². The maximum atomic E-state index is 12.3. The van der Waals surface area contributed by atoms with Crippen LogP contribution in [0.1, 0.15) is 35.8 Å². The number of hydrogen-bond donors (Lipinski definition) is 2. The fraction of sp³-hybridized carbons (Fsp3) is 0.263. The number of rotatable bonds is 5. The molecule has 27 heavy (non-hydrogen) atoms. The van der Waals surface area contributed by atoms with Gasteiger partial charge in [0.25, 0.3) is 5.91 Å². The van der Waals surface area contributed by atoms with Crippen LogP contribution in [-0.2, 0) is 4.79 Å². The predicted molar refractivity (Wildman–Crippen MR) is 108 cm³/mol. The molecule has 0 saturated carbocycles. The Morgan fingerprint density at radius 3 is 2.70 bits per heavy atom. The van der Waals surface area contributed by atoms with Crippen molar-refractivity contribution >= 4 is 44.5 Å². The standard InChI is InChI=1S/C19H20BrN5O2/c1-11(2)25-18-13(9-23-25)7-14(8-21-18)19(27)22-10-17(26)24-16-5-4-15(20)6-12(16)3/h4-9,11H,10H2,1-3H3,(H,22,27)(H,24,26). The van der Waals surface area contributed by atoms with E-state index in [9.17, 15) is 9.59 Å². The normalized spacial score (nSPS) is 11.0. The lowest BCUT2D eigenvalue weighted by atomic mass is 10.2. The average Bonchev–Trinajstić information content (AvgIpc) is 3.05. The lowest BCUT2D eigenvalue weighted by Gasteiger charge is -2.10. The van der Waals surface area contributed by atoms with Crippen molar-refractivity contribution in [3.63, 3.8) is 0 Å². The maximum Gasteiger partial charge on any atom is 0.253 e. The molecular formula is C19H20BrN5O2. The summed E-state index contributed by atoms with van der Waals surface area (Å²) in [6.07, 6.45) is 3.18. The van der Waals surface area contributed by atoms with Crippen molar-refractivity contribution in [2.24, 2.45) is 0 Å². The Balaban J connectivity index is 1.63. The van der Waals surface area contributed by atoms with Crippen molar-refractivity contribution < 1.29 is 9.59 Å². The van der Waals surface area contributed by atoms with Crippen molar-refractivity contribution in [3.8, 4) is 0 Å². The number of pyridine rings is 1. The van der Waals surface area contributed by atoms with Gasteiger partial charge < -0.3 is 10.6 Å². The van der Waals surface area contributed by atoms with Crippen molar-refractivity contribution in [1.29, 1.82) is 0 Å². The Labute approximate surface area is 165 Å². The molecular weight excluding hydrogens is 410 g/mol. The van der Waals surface area contributed by atoms with E-state index in [2.05, 4.69) is 36.6 Å². The first-order valence-corrected chi connectivity index (χ1v) is 9.32. The van der Waals surface area contributed by atoms with Crippen LogP contribution in [0, 0.1) is 6.92 Å². The molecule has 0 fully saturated rings. The van der Waals surface area contributed by atoms with Gasteiger partial charge in [-0.2, -0.15) is 5.10 Å². The minimum Gasteiger partial charge on any atom is -0.343 e. The van der Waals surface area contributed by atoms with Crippen LogP contribution in [0.25, 0.3) is 11.0 Å². The second-order valence-electron chi connectivity index (χ2n) is 6.51. The summed E-state index contributed by atoms with van der Waals surface area (Å²) in [6, 6.07) is 7.47. The van der Waals surface area contributed by atoms with Crippen LogP contribution in [0.3, 0.4) is 0 Å². The van der Waals surface area contributed by atoms with Crippen molar-refractivity contribution in [2.45, 2.75) is 26.8 Å². The van der Waals surface area contributed by atoms with Crippen molar-refractivity contribution in [3.05, 3.63) is 52.3 Å². The molecule has 0 aliphatic heterocycles. The monoisotopic (exact) mass is 429 g/mol. The molecule has 140 valence electrons. The number of nitrogens with zero attached hydrogens (tertiary/aromatic N) is 3. The number of nitrogens with one attached hydrogen (secondary N) is 2. The van der Waals surface area contributed by atoms with E-state index < -0.39 is 0 Å². The molecule has 3 rings (SSSR count). The fourth-order valence-corrected chi connectivity index (χ4v) is 3.14. The molecule has 0 unspecified atom stereocenters. The highest BCUT2D eigenvalue weighted by Gasteiger charge is 2.13. The van der Waals surface area contributed by atoms with Crippen LogP contribution in [0.4, 0.5) is 5.69 Å². The van der Waals surface area contributed by atoms with Crippen LogP contribution < -0.4 is 10.6 Å². The highest BCUT2D eigenvalue weighted by Crippen LogP contribution is 2.20. The summed E-state index contributed by atoms with van der Waals surface area (Å²) in [4.78, 5) is 28.8.